The first-order chi connectivity index (χ1) is 14.6. The largest absolute Gasteiger partial charge is 0.346 e. The van der Waals surface area contributed by atoms with E-state index in [1.54, 1.807) is 25.1 Å². The summed E-state index contributed by atoms with van der Waals surface area (Å²) in [5.41, 5.74) is 5.39. The molecule has 0 spiro atoms. The molecule has 0 fully saturated rings. The number of aryl methyl sites for hydroxylation is 3. The van der Waals surface area contributed by atoms with Gasteiger partial charge in [0.15, 0.2) is 0 Å². The minimum absolute atomic E-state index is 0.0871. The summed E-state index contributed by atoms with van der Waals surface area (Å²) in [6.07, 6.45) is 0. The van der Waals surface area contributed by atoms with E-state index in [2.05, 4.69) is 10.0 Å². The van der Waals surface area contributed by atoms with Crippen LogP contribution in [-0.2, 0) is 10.0 Å². The number of carbonyl (C=O) groups is 1. The van der Waals surface area contributed by atoms with Crippen molar-refractivity contribution in [2.24, 2.45) is 0 Å². The van der Waals surface area contributed by atoms with Crippen LogP contribution in [0.15, 0.2) is 65.6 Å². The van der Waals surface area contributed by atoms with Gasteiger partial charge in [-0.2, -0.15) is 0 Å². The highest BCUT2D eigenvalue weighted by atomic mass is 32.2. The standard InChI is InChI=1S/C25H28N2O3S/c1-16-9-12-21(13-10-16)20(5)26-25(28)22-14-11-18(3)24(15-22)31(29,30)27-23-8-6-7-17(2)19(23)4/h6-15,20,27H,1-5H3,(H,26,28)/t20-/m1/s1. The molecule has 0 saturated carbocycles. The predicted octanol–water partition coefficient (Wildman–Crippen LogP) is 5.21. The summed E-state index contributed by atoms with van der Waals surface area (Å²) in [5, 5.41) is 2.94. The molecule has 2 N–H and O–H groups in total. The van der Waals surface area contributed by atoms with Gasteiger partial charge in [0.2, 0.25) is 0 Å². The SMILES string of the molecule is Cc1ccc([C@@H](C)NC(=O)c2ccc(C)c(S(=O)(=O)Nc3cccc(C)c3C)c2)cc1. The minimum atomic E-state index is -3.85. The third kappa shape index (κ3) is 5.14. The van der Waals surface area contributed by atoms with E-state index in [4.69, 9.17) is 0 Å². The zero-order valence-corrected chi connectivity index (χ0v) is 19.3. The fourth-order valence-electron chi connectivity index (χ4n) is 3.31. The fourth-order valence-corrected chi connectivity index (χ4v) is 4.71. The highest BCUT2D eigenvalue weighted by Crippen LogP contribution is 2.25. The van der Waals surface area contributed by atoms with E-state index >= 15 is 0 Å². The van der Waals surface area contributed by atoms with Crippen molar-refractivity contribution in [2.75, 3.05) is 4.72 Å². The van der Waals surface area contributed by atoms with Crippen LogP contribution in [0.25, 0.3) is 0 Å². The maximum absolute atomic E-state index is 13.1. The molecule has 0 aromatic heterocycles. The van der Waals surface area contributed by atoms with Crippen molar-refractivity contribution in [2.45, 2.75) is 45.6 Å². The lowest BCUT2D eigenvalue weighted by molar-refractivity contribution is 0.0939. The Morgan fingerprint density at radius 1 is 0.871 bits per heavy atom. The third-order valence-corrected chi connectivity index (χ3v) is 7.02. The molecule has 0 radical (unpaired) electrons. The van der Waals surface area contributed by atoms with Crippen LogP contribution in [0.3, 0.4) is 0 Å². The molecule has 6 heteroatoms. The van der Waals surface area contributed by atoms with E-state index in [0.717, 1.165) is 22.3 Å². The fraction of sp³-hybridized carbons (Fsp3) is 0.240. The lowest BCUT2D eigenvalue weighted by Gasteiger charge is -2.17. The van der Waals surface area contributed by atoms with Gasteiger partial charge in [-0.3, -0.25) is 9.52 Å². The Bertz CT molecular complexity index is 1220. The minimum Gasteiger partial charge on any atom is -0.346 e. The number of amides is 1. The van der Waals surface area contributed by atoms with Crippen molar-refractivity contribution in [3.63, 3.8) is 0 Å². The van der Waals surface area contributed by atoms with Crippen LogP contribution in [0, 0.1) is 27.7 Å². The van der Waals surface area contributed by atoms with Gasteiger partial charge in [0.1, 0.15) is 0 Å². The number of nitrogens with one attached hydrogen (secondary N) is 2. The van der Waals surface area contributed by atoms with E-state index in [9.17, 15) is 13.2 Å². The monoisotopic (exact) mass is 436 g/mol. The average Bonchev–Trinajstić information content (AvgIpc) is 2.72. The van der Waals surface area contributed by atoms with Crippen molar-refractivity contribution in [1.29, 1.82) is 0 Å². The second-order valence-corrected chi connectivity index (χ2v) is 9.59. The molecule has 0 heterocycles. The van der Waals surface area contributed by atoms with Crippen molar-refractivity contribution >= 4 is 21.6 Å². The maximum Gasteiger partial charge on any atom is 0.262 e. The molecule has 0 aliphatic carbocycles. The summed E-state index contributed by atoms with van der Waals surface area (Å²) in [5.74, 6) is -0.323. The predicted molar refractivity (Wildman–Crippen MR) is 125 cm³/mol. The smallest absolute Gasteiger partial charge is 0.262 e. The summed E-state index contributed by atoms with van der Waals surface area (Å²) >= 11 is 0. The van der Waals surface area contributed by atoms with Crippen LogP contribution in [0.4, 0.5) is 5.69 Å². The quantitative estimate of drug-likeness (QED) is 0.557. The van der Waals surface area contributed by atoms with Crippen molar-refractivity contribution in [3.8, 4) is 0 Å². The lowest BCUT2D eigenvalue weighted by Crippen LogP contribution is -2.27. The van der Waals surface area contributed by atoms with E-state index < -0.39 is 10.0 Å². The molecule has 31 heavy (non-hydrogen) atoms. The number of carbonyl (C=O) groups excluding carboxylic acids is 1. The van der Waals surface area contributed by atoms with Gasteiger partial charge in [0.05, 0.1) is 16.6 Å². The van der Waals surface area contributed by atoms with Crippen LogP contribution in [0.2, 0.25) is 0 Å². The van der Waals surface area contributed by atoms with Gasteiger partial charge >= 0.3 is 0 Å². The first kappa shape index (κ1) is 22.6. The van der Waals surface area contributed by atoms with Crippen LogP contribution in [0.1, 0.15) is 51.1 Å². The Labute approximate surface area is 184 Å². The number of anilines is 1. The number of hydrogen-bond acceptors (Lipinski definition) is 3. The van der Waals surface area contributed by atoms with Gasteiger partial charge in [0, 0.05) is 5.56 Å². The molecule has 0 unspecified atom stereocenters. The molecule has 1 amide bonds. The summed E-state index contributed by atoms with van der Waals surface area (Å²) in [6.45, 7) is 9.42. The normalized spacial score (nSPS) is 12.3. The van der Waals surface area contributed by atoms with Crippen molar-refractivity contribution in [3.05, 3.63) is 94.0 Å². The van der Waals surface area contributed by atoms with Crippen molar-refractivity contribution in [1.82, 2.24) is 5.32 Å². The molecule has 3 rings (SSSR count). The second-order valence-electron chi connectivity index (χ2n) is 7.94. The summed E-state index contributed by atoms with van der Waals surface area (Å²) in [6, 6.07) is 17.9. The number of benzene rings is 3. The topological polar surface area (TPSA) is 75.3 Å². The van der Waals surface area contributed by atoms with E-state index in [1.807, 2.05) is 64.1 Å². The zero-order chi connectivity index (χ0) is 22.8. The van der Waals surface area contributed by atoms with Gasteiger partial charge < -0.3 is 5.32 Å². The number of rotatable bonds is 6. The molecular formula is C25H28N2O3S. The molecule has 1 atom stereocenters. The Hall–Kier alpha value is -3.12. The number of sulfonamides is 1. The van der Waals surface area contributed by atoms with Gasteiger partial charge in [-0.15, -0.1) is 0 Å². The molecule has 0 bridgehead atoms. The Balaban J connectivity index is 1.85. The Morgan fingerprint density at radius 2 is 1.55 bits per heavy atom. The Morgan fingerprint density at radius 3 is 2.23 bits per heavy atom. The molecule has 3 aromatic carbocycles. The second kappa shape index (κ2) is 8.94. The van der Waals surface area contributed by atoms with Crippen LogP contribution in [0.5, 0.6) is 0 Å². The zero-order valence-electron chi connectivity index (χ0n) is 18.5. The Kier molecular flexibility index (Phi) is 6.51. The average molecular weight is 437 g/mol. The summed E-state index contributed by atoms with van der Waals surface area (Å²) in [4.78, 5) is 12.9. The lowest BCUT2D eigenvalue weighted by atomic mass is 10.1. The first-order valence-electron chi connectivity index (χ1n) is 10.2. The van der Waals surface area contributed by atoms with E-state index in [0.29, 0.717) is 16.8 Å². The van der Waals surface area contributed by atoms with Crippen LogP contribution < -0.4 is 10.0 Å². The molecule has 3 aromatic rings. The molecule has 162 valence electrons. The van der Waals surface area contributed by atoms with Gasteiger partial charge in [-0.05, 0) is 75.1 Å². The van der Waals surface area contributed by atoms with Crippen LogP contribution in [-0.4, -0.2) is 14.3 Å². The molecule has 0 saturated heterocycles. The number of hydrogen-bond donors (Lipinski definition) is 2. The molecule has 5 nitrogen and oxygen atoms in total. The maximum atomic E-state index is 13.1. The van der Waals surface area contributed by atoms with Gasteiger partial charge in [0.25, 0.3) is 15.9 Å². The summed E-state index contributed by atoms with van der Waals surface area (Å²) in [7, 11) is -3.85. The molecule has 0 aliphatic heterocycles. The van der Waals surface area contributed by atoms with Crippen molar-refractivity contribution < 1.29 is 13.2 Å². The highest BCUT2D eigenvalue weighted by molar-refractivity contribution is 7.92. The van der Waals surface area contributed by atoms with E-state index in [-0.39, 0.29) is 16.8 Å². The van der Waals surface area contributed by atoms with Gasteiger partial charge in [-0.1, -0.05) is 48.0 Å². The third-order valence-electron chi connectivity index (χ3n) is 5.51. The van der Waals surface area contributed by atoms with Gasteiger partial charge in [-0.25, -0.2) is 8.42 Å². The summed E-state index contributed by atoms with van der Waals surface area (Å²) < 4.78 is 28.9. The molecule has 0 aliphatic rings. The first-order valence-corrected chi connectivity index (χ1v) is 11.6. The van der Waals surface area contributed by atoms with Crippen LogP contribution >= 0.6 is 0 Å². The molecular weight excluding hydrogens is 408 g/mol. The highest BCUT2D eigenvalue weighted by Gasteiger charge is 2.21. The van der Waals surface area contributed by atoms with E-state index in [1.165, 1.54) is 6.07 Å².